The van der Waals surface area contributed by atoms with Crippen LogP contribution >= 0.6 is 0 Å². The SMILES string of the molecule is CC[C@H](NCc1ccccc1CN1CCC[C@H](C)C1)C(N)=O. The number of nitrogens with zero attached hydrogens (tertiary/aromatic N) is 1. The maximum atomic E-state index is 11.3. The third-order valence-corrected chi connectivity index (χ3v) is 4.54. The molecule has 1 aromatic rings. The summed E-state index contributed by atoms with van der Waals surface area (Å²) in [6.07, 6.45) is 3.36. The average Bonchev–Trinajstić information content (AvgIpc) is 2.49. The molecule has 0 unspecified atom stereocenters. The number of nitrogens with one attached hydrogen (secondary N) is 1. The number of hydrogen-bond acceptors (Lipinski definition) is 3. The summed E-state index contributed by atoms with van der Waals surface area (Å²) in [4.78, 5) is 13.9. The van der Waals surface area contributed by atoms with Crippen molar-refractivity contribution in [1.29, 1.82) is 0 Å². The lowest BCUT2D eigenvalue weighted by molar-refractivity contribution is -0.120. The Balaban J connectivity index is 1.98. The number of rotatable bonds is 7. The van der Waals surface area contributed by atoms with Crippen LogP contribution in [0.15, 0.2) is 24.3 Å². The van der Waals surface area contributed by atoms with Crippen LogP contribution in [-0.4, -0.2) is 29.9 Å². The van der Waals surface area contributed by atoms with E-state index in [-0.39, 0.29) is 11.9 Å². The van der Waals surface area contributed by atoms with Crippen LogP contribution in [0.1, 0.15) is 44.2 Å². The molecule has 1 amide bonds. The lowest BCUT2D eigenvalue weighted by atomic mass is 9.99. The van der Waals surface area contributed by atoms with E-state index in [1.165, 1.54) is 37.1 Å². The smallest absolute Gasteiger partial charge is 0.234 e. The molecule has 1 fully saturated rings. The van der Waals surface area contributed by atoms with E-state index in [0.717, 1.165) is 18.9 Å². The fourth-order valence-corrected chi connectivity index (χ4v) is 3.23. The molecular weight excluding hydrogens is 274 g/mol. The van der Waals surface area contributed by atoms with Crippen molar-refractivity contribution in [1.82, 2.24) is 10.2 Å². The molecule has 3 N–H and O–H groups in total. The summed E-state index contributed by atoms with van der Waals surface area (Å²) >= 11 is 0. The Labute approximate surface area is 134 Å². The monoisotopic (exact) mass is 303 g/mol. The van der Waals surface area contributed by atoms with Crippen LogP contribution in [0, 0.1) is 5.92 Å². The van der Waals surface area contributed by atoms with E-state index < -0.39 is 0 Å². The van der Waals surface area contributed by atoms with Crippen molar-refractivity contribution in [3.63, 3.8) is 0 Å². The van der Waals surface area contributed by atoms with Crippen LogP contribution in [0.5, 0.6) is 0 Å². The van der Waals surface area contributed by atoms with Crippen LogP contribution in [0.4, 0.5) is 0 Å². The minimum atomic E-state index is -0.273. The lowest BCUT2D eigenvalue weighted by Crippen LogP contribution is -2.40. The Morgan fingerprint density at radius 3 is 2.77 bits per heavy atom. The van der Waals surface area contributed by atoms with E-state index in [1.807, 2.05) is 6.92 Å². The van der Waals surface area contributed by atoms with Crippen molar-refractivity contribution in [2.24, 2.45) is 11.7 Å². The average molecular weight is 303 g/mol. The van der Waals surface area contributed by atoms with Crippen LogP contribution in [0.3, 0.4) is 0 Å². The Hall–Kier alpha value is -1.39. The molecule has 0 bridgehead atoms. The predicted octanol–water partition coefficient (Wildman–Crippen LogP) is 2.27. The number of hydrogen-bond donors (Lipinski definition) is 2. The first-order valence-corrected chi connectivity index (χ1v) is 8.42. The van der Waals surface area contributed by atoms with Gasteiger partial charge in [-0.3, -0.25) is 9.69 Å². The van der Waals surface area contributed by atoms with Gasteiger partial charge in [-0.15, -0.1) is 0 Å². The van der Waals surface area contributed by atoms with Crippen molar-refractivity contribution in [2.45, 2.75) is 52.2 Å². The minimum absolute atomic E-state index is 0.247. The largest absolute Gasteiger partial charge is 0.368 e. The van der Waals surface area contributed by atoms with Gasteiger partial charge in [0.05, 0.1) is 6.04 Å². The number of piperidine rings is 1. The summed E-state index contributed by atoms with van der Waals surface area (Å²) < 4.78 is 0. The van der Waals surface area contributed by atoms with Gasteiger partial charge in [0.1, 0.15) is 0 Å². The quantitative estimate of drug-likeness (QED) is 0.812. The summed E-state index contributed by atoms with van der Waals surface area (Å²) in [5.41, 5.74) is 8.02. The third kappa shape index (κ3) is 4.82. The van der Waals surface area contributed by atoms with Crippen LogP contribution in [0.25, 0.3) is 0 Å². The Bertz CT molecular complexity index is 489. The third-order valence-electron chi connectivity index (χ3n) is 4.54. The van der Waals surface area contributed by atoms with E-state index in [2.05, 4.69) is 41.4 Å². The number of carbonyl (C=O) groups is 1. The molecular formula is C18H29N3O. The van der Waals surface area contributed by atoms with Gasteiger partial charge < -0.3 is 11.1 Å². The van der Waals surface area contributed by atoms with E-state index >= 15 is 0 Å². The maximum absolute atomic E-state index is 11.3. The van der Waals surface area contributed by atoms with Crippen molar-refractivity contribution >= 4 is 5.91 Å². The second-order valence-electron chi connectivity index (χ2n) is 6.50. The molecule has 1 heterocycles. The zero-order valence-electron chi connectivity index (χ0n) is 13.8. The molecule has 22 heavy (non-hydrogen) atoms. The molecule has 2 atom stereocenters. The Morgan fingerprint density at radius 2 is 2.14 bits per heavy atom. The molecule has 4 heteroatoms. The van der Waals surface area contributed by atoms with Crippen molar-refractivity contribution in [2.75, 3.05) is 13.1 Å². The second kappa shape index (κ2) is 8.30. The van der Waals surface area contributed by atoms with Gasteiger partial charge in [0.25, 0.3) is 0 Å². The number of benzene rings is 1. The van der Waals surface area contributed by atoms with Gasteiger partial charge in [-0.05, 0) is 42.9 Å². The van der Waals surface area contributed by atoms with Crippen molar-refractivity contribution < 1.29 is 4.79 Å². The summed E-state index contributed by atoms with van der Waals surface area (Å²) in [7, 11) is 0. The molecule has 0 spiro atoms. The Morgan fingerprint density at radius 1 is 1.41 bits per heavy atom. The topological polar surface area (TPSA) is 58.4 Å². The van der Waals surface area contributed by atoms with Gasteiger partial charge >= 0.3 is 0 Å². The summed E-state index contributed by atoms with van der Waals surface area (Å²) in [5.74, 6) is 0.517. The van der Waals surface area contributed by atoms with E-state index in [0.29, 0.717) is 6.54 Å². The highest BCUT2D eigenvalue weighted by atomic mass is 16.1. The summed E-state index contributed by atoms with van der Waals surface area (Å²) in [6.45, 7) is 8.37. The maximum Gasteiger partial charge on any atom is 0.234 e. The van der Waals surface area contributed by atoms with Gasteiger partial charge in [0.15, 0.2) is 0 Å². The number of carbonyl (C=O) groups excluding carboxylic acids is 1. The zero-order valence-corrected chi connectivity index (χ0v) is 13.8. The highest BCUT2D eigenvalue weighted by Gasteiger charge is 2.18. The first-order chi connectivity index (χ1) is 10.6. The summed E-state index contributed by atoms with van der Waals surface area (Å²) in [5, 5.41) is 3.28. The number of nitrogens with two attached hydrogens (primary N) is 1. The van der Waals surface area contributed by atoms with Gasteiger partial charge in [-0.2, -0.15) is 0 Å². The van der Waals surface area contributed by atoms with Crippen LogP contribution in [0.2, 0.25) is 0 Å². The predicted molar refractivity (Wildman–Crippen MR) is 90.2 cm³/mol. The van der Waals surface area contributed by atoms with E-state index in [4.69, 9.17) is 5.73 Å². The molecule has 0 aliphatic carbocycles. The van der Waals surface area contributed by atoms with E-state index in [9.17, 15) is 4.79 Å². The number of amides is 1. The van der Waals surface area contributed by atoms with Gasteiger partial charge in [-0.25, -0.2) is 0 Å². The number of likely N-dealkylation sites (tertiary alicyclic amines) is 1. The molecule has 1 aliphatic heterocycles. The summed E-state index contributed by atoms with van der Waals surface area (Å²) in [6, 6.07) is 8.25. The van der Waals surface area contributed by atoms with E-state index in [1.54, 1.807) is 0 Å². The zero-order chi connectivity index (χ0) is 15.9. The van der Waals surface area contributed by atoms with Crippen LogP contribution in [-0.2, 0) is 17.9 Å². The molecule has 1 aromatic carbocycles. The van der Waals surface area contributed by atoms with Gasteiger partial charge in [0.2, 0.25) is 5.91 Å². The second-order valence-corrected chi connectivity index (χ2v) is 6.50. The molecule has 0 saturated carbocycles. The molecule has 122 valence electrons. The molecule has 0 radical (unpaired) electrons. The molecule has 2 rings (SSSR count). The Kier molecular flexibility index (Phi) is 6.40. The fourth-order valence-electron chi connectivity index (χ4n) is 3.23. The molecule has 1 saturated heterocycles. The lowest BCUT2D eigenvalue weighted by Gasteiger charge is -2.31. The standard InChI is InChI=1S/C18H29N3O/c1-3-17(18(19)22)20-11-15-8-4-5-9-16(15)13-21-10-6-7-14(2)12-21/h4-5,8-9,14,17,20H,3,6-7,10-13H2,1-2H3,(H2,19,22)/t14-,17-/m0/s1. The normalized spacial score (nSPS) is 20.7. The first-order valence-electron chi connectivity index (χ1n) is 8.42. The van der Waals surface area contributed by atoms with Gasteiger partial charge in [0, 0.05) is 19.6 Å². The highest BCUT2D eigenvalue weighted by Crippen LogP contribution is 2.19. The first kappa shape index (κ1) is 17.0. The molecule has 1 aliphatic rings. The highest BCUT2D eigenvalue weighted by molar-refractivity contribution is 5.79. The van der Waals surface area contributed by atoms with Crippen LogP contribution < -0.4 is 11.1 Å². The van der Waals surface area contributed by atoms with Gasteiger partial charge in [-0.1, -0.05) is 38.1 Å². The molecule has 0 aromatic heterocycles. The fraction of sp³-hybridized carbons (Fsp3) is 0.611. The minimum Gasteiger partial charge on any atom is -0.368 e. The van der Waals surface area contributed by atoms with Crippen molar-refractivity contribution in [3.05, 3.63) is 35.4 Å². The van der Waals surface area contributed by atoms with Crippen molar-refractivity contribution in [3.8, 4) is 0 Å². The molecule has 4 nitrogen and oxygen atoms in total. The number of primary amides is 1.